The number of nitrogens with two attached hydrogens (primary N) is 10. The van der Waals surface area contributed by atoms with Crippen molar-refractivity contribution in [1.82, 2.24) is 63.1 Å². The van der Waals surface area contributed by atoms with Gasteiger partial charge < -0.3 is 130 Å². The van der Waals surface area contributed by atoms with E-state index in [-0.39, 0.29) is 119 Å². The largest absolute Gasteiger partial charge is 0.497 e. The lowest BCUT2D eigenvalue weighted by Gasteiger charge is -2.40. The topological polar surface area (TPSA) is 730 Å². The Morgan fingerprint density at radius 2 is 0.952 bits per heavy atom. The Morgan fingerprint density at radius 3 is 1.42 bits per heavy atom. The monoisotopic (exact) mass is 1520 g/mol. The number of aliphatic imine (C=N–C) groups is 4. The number of nitrogens with one attached hydrogen (secondary N) is 11. The van der Waals surface area contributed by atoms with Gasteiger partial charge in [-0.2, -0.15) is 25.3 Å². The molecule has 33 N–H and O–H groups in total. The van der Waals surface area contributed by atoms with E-state index in [1.165, 1.54) is 43.9 Å². The number of imidazole rings is 1. The molecule has 1 aliphatic rings. The average molecular weight is 1520 g/mol. The lowest BCUT2D eigenvalue weighted by molar-refractivity contribution is -0.142. The molecule has 105 heavy (non-hydrogen) atoms. The number of primary amides is 1. The third-order valence-electron chi connectivity index (χ3n) is 16.0. The summed E-state index contributed by atoms with van der Waals surface area (Å²) in [6.45, 7) is -0.965. The van der Waals surface area contributed by atoms with E-state index in [4.69, 9.17) is 74.7 Å². The number of hydrogen-bond acceptors (Lipinski definition) is 22. The maximum Gasteiger partial charge on any atom is 0.326 e. The Morgan fingerprint density at radius 1 is 0.524 bits per heavy atom. The van der Waals surface area contributed by atoms with Crippen molar-refractivity contribution in [3.63, 3.8) is 0 Å². The number of benzene rings is 1. The molecule has 1 unspecified atom stereocenters. The third-order valence-corrected chi connectivity index (χ3v) is 17.0. The highest BCUT2D eigenvalue weighted by Crippen LogP contribution is 2.37. The molecule has 1 fully saturated rings. The number of carbonyl (C=O) groups is 13. The van der Waals surface area contributed by atoms with E-state index < -0.39 is 161 Å². The quantitative estimate of drug-likeness (QED) is 0.0127. The van der Waals surface area contributed by atoms with Crippen molar-refractivity contribution in [2.24, 2.45) is 77.3 Å². The molecular formula is C61H100N26O16S2. The number of thiol groups is 2. The van der Waals surface area contributed by atoms with Crippen LogP contribution in [0.3, 0.4) is 0 Å². The van der Waals surface area contributed by atoms with E-state index in [9.17, 15) is 72.5 Å². The Hall–Kier alpha value is -10.9. The molecule has 0 aliphatic heterocycles. The highest BCUT2D eigenvalue weighted by Gasteiger charge is 2.44. The molecule has 42 nitrogen and oxygen atoms in total. The molecule has 1 aromatic carbocycles. The number of methoxy groups -OCH3 is 1. The van der Waals surface area contributed by atoms with Gasteiger partial charge in [0, 0.05) is 61.4 Å². The molecule has 0 radical (unpaired) electrons. The van der Waals surface area contributed by atoms with Crippen molar-refractivity contribution in [2.45, 2.75) is 174 Å². The molecule has 2 aromatic rings. The van der Waals surface area contributed by atoms with Gasteiger partial charge in [-0.05, 0) is 81.9 Å². The summed E-state index contributed by atoms with van der Waals surface area (Å²) in [7, 11) is 1.39. The lowest BCUT2D eigenvalue weighted by Crippen LogP contribution is -2.64. The van der Waals surface area contributed by atoms with Crippen LogP contribution in [0.15, 0.2) is 56.8 Å². The van der Waals surface area contributed by atoms with Gasteiger partial charge in [-0.15, -0.1) is 0 Å². The van der Waals surface area contributed by atoms with Gasteiger partial charge in [0.2, 0.25) is 65.0 Å². The van der Waals surface area contributed by atoms with Gasteiger partial charge in [0.05, 0.1) is 38.9 Å². The van der Waals surface area contributed by atoms with Crippen LogP contribution in [0.5, 0.6) is 5.75 Å². The van der Waals surface area contributed by atoms with Crippen LogP contribution in [0.25, 0.3) is 0 Å². The van der Waals surface area contributed by atoms with E-state index in [1.54, 1.807) is 0 Å². The number of aromatic amines is 1. The summed E-state index contributed by atoms with van der Waals surface area (Å²) in [5.74, 6) is -15.5. The van der Waals surface area contributed by atoms with Crippen LogP contribution in [-0.2, 0) is 75.2 Å². The minimum absolute atomic E-state index is 0.0117. The minimum atomic E-state index is -1.99. The van der Waals surface area contributed by atoms with Gasteiger partial charge in [0.15, 0.2) is 23.8 Å². The van der Waals surface area contributed by atoms with E-state index in [2.05, 4.69) is 95.7 Å². The average Bonchev–Trinajstić information content (AvgIpc) is 0.953. The van der Waals surface area contributed by atoms with E-state index in [0.717, 1.165) is 6.42 Å². The molecule has 44 heteroatoms. The van der Waals surface area contributed by atoms with Crippen LogP contribution in [0, 0.1) is 0 Å². The van der Waals surface area contributed by atoms with Gasteiger partial charge in [0.25, 0.3) is 0 Å². The summed E-state index contributed by atoms with van der Waals surface area (Å²) in [5.41, 5.74) is 56.0. The standard InChI is InChI=1S/C61H100N26O16S2/c1-103-33-15-13-31(14-16-33)23-38(50(95)81-36(11-7-21-75-59(68)69)49(94)86-42(29-104)54(99)82-37(56(101)102)12-8-22-76-60(70)71)83-53(98)41(26-45(90)91)79-44(89)28-77-48(93)35(10-6-20-74-58(66)67)80-51(96)39(24-32-27-72-30-78-32)84-52(97)40(25-43(63)88)85-55(100)46(61(105)17-3-2-4-18-61)87-47(92)34(62)9-5-19-73-57(64)65/h13-16,27,30,34-42,46,104-105H,2-12,17-26,28-29,62H2,1H3,(H2,63,88)(H,72,78)(H,77,93)(H,79,89)(H,80,96)(H,81,95)(H,82,99)(H,83,98)(H,84,97)(H,85,100)(H,86,94)(H,87,92)(H,90,91)(H,101,102)(H4,64,65,73)(H4,66,67,74)(H4,68,69,75)(H4,70,71,76)/t34-,35-,36-,37-,38-,39-,40-,41-,42-,46?/m0/s1. The Balaban J connectivity index is 1.95. The molecule has 0 spiro atoms. The smallest absolute Gasteiger partial charge is 0.326 e. The molecule has 0 saturated heterocycles. The van der Waals surface area contributed by atoms with Crippen molar-refractivity contribution >= 4 is 126 Å². The summed E-state index contributed by atoms with van der Waals surface area (Å²) < 4.78 is 4.08. The third kappa shape index (κ3) is 33.8. The van der Waals surface area contributed by atoms with Crippen LogP contribution >= 0.6 is 25.3 Å². The van der Waals surface area contributed by atoms with Gasteiger partial charge in [-0.3, -0.25) is 77.5 Å². The first-order valence-electron chi connectivity index (χ1n) is 33.3. The minimum Gasteiger partial charge on any atom is -0.497 e. The van der Waals surface area contributed by atoms with E-state index in [0.29, 0.717) is 43.4 Å². The predicted molar refractivity (Wildman–Crippen MR) is 389 cm³/mol. The molecule has 0 bridgehead atoms. The number of carboxylic acids is 2. The fourth-order valence-corrected chi connectivity index (χ4v) is 11.3. The number of aliphatic carboxylic acids is 2. The second-order valence-corrected chi connectivity index (χ2v) is 25.7. The molecule has 582 valence electrons. The Labute approximate surface area is 614 Å². The van der Waals surface area contributed by atoms with Crippen LogP contribution in [0.1, 0.15) is 108 Å². The number of amides is 11. The first-order valence-corrected chi connectivity index (χ1v) is 34.4. The Bertz CT molecular complexity index is 3380. The van der Waals surface area contributed by atoms with Crippen molar-refractivity contribution < 1.29 is 77.3 Å². The number of H-pyrrole nitrogens is 1. The number of carbonyl (C=O) groups excluding carboxylic acids is 11. The van der Waals surface area contributed by atoms with Gasteiger partial charge in [0.1, 0.15) is 60.1 Å². The summed E-state index contributed by atoms with van der Waals surface area (Å²) >= 11 is 9.05. The van der Waals surface area contributed by atoms with Crippen LogP contribution in [0.2, 0.25) is 0 Å². The normalized spacial score (nSPS) is 15.0. The van der Waals surface area contributed by atoms with Crippen molar-refractivity contribution in [2.75, 3.05) is 45.6 Å². The summed E-state index contributed by atoms with van der Waals surface area (Å²) in [5, 5.41) is 44.3. The second-order valence-electron chi connectivity index (χ2n) is 24.4. The highest BCUT2D eigenvalue weighted by atomic mass is 32.1. The summed E-state index contributed by atoms with van der Waals surface area (Å²) in [6, 6.07) is -9.69. The fourth-order valence-electron chi connectivity index (χ4n) is 10.5. The van der Waals surface area contributed by atoms with Crippen LogP contribution in [-0.4, -0.2) is 232 Å². The molecule has 1 heterocycles. The first-order chi connectivity index (χ1) is 49.6. The van der Waals surface area contributed by atoms with Gasteiger partial charge >= 0.3 is 11.9 Å². The van der Waals surface area contributed by atoms with Gasteiger partial charge in [-0.25, -0.2) is 9.78 Å². The number of guanidine groups is 4. The maximum atomic E-state index is 14.5. The van der Waals surface area contributed by atoms with E-state index >= 15 is 0 Å². The maximum absolute atomic E-state index is 14.5. The fraction of sp³-hybridized carbons (Fsp3) is 0.574. The zero-order valence-corrected chi connectivity index (χ0v) is 59.8. The molecular weight excluding hydrogens is 1420 g/mol. The molecule has 11 amide bonds. The van der Waals surface area contributed by atoms with E-state index in [1.807, 2.05) is 0 Å². The van der Waals surface area contributed by atoms with Crippen molar-refractivity contribution in [3.8, 4) is 5.75 Å². The summed E-state index contributed by atoms with van der Waals surface area (Å²) in [4.78, 5) is 201. The number of nitrogens with zero attached hydrogens (tertiary/aromatic N) is 5. The van der Waals surface area contributed by atoms with Crippen molar-refractivity contribution in [1.29, 1.82) is 0 Å². The lowest BCUT2D eigenvalue weighted by atomic mass is 9.82. The zero-order valence-electron chi connectivity index (χ0n) is 58.0. The number of hydrogen-bond donors (Lipinski definition) is 25. The molecule has 1 aromatic heterocycles. The second kappa shape index (κ2) is 45.9. The number of carboxylic acid groups (broad SMARTS) is 2. The summed E-state index contributed by atoms with van der Waals surface area (Å²) in [6.07, 6.45) is 2.56. The molecule has 10 atom stereocenters. The predicted octanol–water partition coefficient (Wildman–Crippen LogP) is -8.78. The molecule has 3 rings (SSSR count). The van der Waals surface area contributed by atoms with Crippen molar-refractivity contribution in [3.05, 3.63) is 48.0 Å². The molecule has 1 saturated carbocycles. The number of aromatic nitrogens is 2. The van der Waals surface area contributed by atoms with Gasteiger partial charge in [-0.1, -0.05) is 31.4 Å². The first kappa shape index (κ1) is 88.3. The number of rotatable bonds is 48. The molecule has 1 aliphatic carbocycles. The van der Waals surface area contributed by atoms with Crippen LogP contribution < -0.4 is 115 Å². The van der Waals surface area contributed by atoms with Crippen LogP contribution in [0.4, 0.5) is 0 Å². The number of ether oxygens (including phenoxy) is 1. The highest BCUT2D eigenvalue weighted by molar-refractivity contribution is 7.82. The zero-order chi connectivity index (χ0) is 78.3. The SMILES string of the molecule is COc1ccc(C[C@H](NC(=O)[C@H](CC(=O)O)NC(=O)CNC(=O)[C@H](CCCN=C(N)N)NC(=O)[C@H](Cc2cnc[nH]2)NC(=O)[C@H](CC(N)=O)NC(=O)C(NC(=O)[C@@H](N)CCCN=C(N)N)C2(S)CCCCC2)C(=O)N[C@@H](CCCN=C(N)N)C(=O)N[C@@H](CS)C(=O)N[C@@H](CCCN=C(N)N)C(=O)O)cc1. The Kier molecular flexibility index (Phi) is 38.6.